The molecule has 9 nitrogen and oxygen atoms in total. The summed E-state index contributed by atoms with van der Waals surface area (Å²) in [6.45, 7) is 7.03. The van der Waals surface area contributed by atoms with Crippen LogP contribution in [-0.4, -0.2) is 79.2 Å². The molecule has 2 rings (SSSR count). The Bertz CT molecular complexity index is 724. The zero-order valence-electron chi connectivity index (χ0n) is 17.9. The number of nitrogens with two attached hydrogens (primary N) is 1. The third-order valence-corrected chi connectivity index (χ3v) is 5.76. The van der Waals surface area contributed by atoms with Gasteiger partial charge in [0.2, 0.25) is 6.79 Å². The predicted octanol–water partition coefficient (Wildman–Crippen LogP) is 2.04. The van der Waals surface area contributed by atoms with Crippen molar-refractivity contribution in [3.05, 3.63) is 35.9 Å². The molecule has 0 saturated carbocycles. The highest BCUT2D eigenvalue weighted by atomic mass is 32.2. The minimum Gasteiger partial charge on any atom is -0.464 e. The first-order valence-electron chi connectivity index (χ1n) is 10.1. The molecule has 0 unspecified atom stereocenters. The van der Waals surface area contributed by atoms with E-state index < -0.39 is 34.8 Å². The van der Waals surface area contributed by atoms with Gasteiger partial charge < -0.3 is 24.7 Å². The minimum atomic E-state index is -1.03. The fourth-order valence-electron chi connectivity index (χ4n) is 2.76. The van der Waals surface area contributed by atoms with Crippen molar-refractivity contribution in [2.24, 2.45) is 5.73 Å². The molecule has 1 aliphatic rings. The summed E-state index contributed by atoms with van der Waals surface area (Å²) in [5.41, 5.74) is 6.36. The lowest BCUT2D eigenvalue weighted by molar-refractivity contribution is -0.146. The van der Waals surface area contributed by atoms with Gasteiger partial charge in [-0.1, -0.05) is 18.2 Å². The van der Waals surface area contributed by atoms with Crippen LogP contribution in [0.3, 0.4) is 0 Å². The number of hydrogen-bond acceptors (Lipinski definition) is 10. The van der Waals surface area contributed by atoms with Crippen LogP contribution in [0.5, 0.6) is 0 Å². The Balaban J connectivity index is 1.66. The van der Waals surface area contributed by atoms with Gasteiger partial charge in [0.05, 0.1) is 25.4 Å². The average molecular weight is 455 g/mol. The number of rotatable bonds is 10. The summed E-state index contributed by atoms with van der Waals surface area (Å²) in [7, 11) is 0. The van der Waals surface area contributed by atoms with Crippen molar-refractivity contribution in [2.75, 3.05) is 46.2 Å². The number of ether oxygens (including phenoxy) is 4. The van der Waals surface area contributed by atoms with E-state index in [9.17, 15) is 14.4 Å². The van der Waals surface area contributed by atoms with Crippen LogP contribution in [0.15, 0.2) is 30.3 Å². The zero-order valence-corrected chi connectivity index (χ0v) is 18.7. The molecule has 1 heterocycles. The van der Waals surface area contributed by atoms with Gasteiger partial charge in [0.1, 0.15) is 6.04 Å². The highest BCUT2D eigenvalue weighted by Crippen LogP contribution is 2.29. The molecule has 0 spiro atoms. The van der Waals surface area contributed by atoms with E-state index in [0.717, 1.165) is 44.6 Å². The molecule has 1 aromatic carbocycles. The van der Waals surface area contributed by atoms with E-state index in [1.807, 2.05) is 0 Å². The summed E-state index contributed by atoms with van der Waals surface area (Å²) in [6, 6.07) is 7.32. The van der Waals surface area contributed by atoms with Crippen molar-refractivity contribution in [3.63, 3.8) is 0 Å². The second-order valence-corrected chi connectivity index (χ2v) is 9.06. The molecular weight excluding hydrogens is 424 g/mol. The Labute approximate surface area is 186 Å². The summed E-state index contributed by atoms with van der Waals surface area (Å²) in [6.07, 6.45) is 0.695. The van der Waals surface area contributed by atoms with Crippen molar-refractivity contribution in [3.8, 4) is 0 Å². The van der Waals surface area contributed by atoms with E-state index in [0.29, 0.717) is 12.0 Å². The summed E-state index contributed by atoms with van der Waals surface area (Å²) < 4.78 is 19.4. The minimum absolute atomic E-state index is 0.254. The SMILES string of the molecule is CC(C)(SC(=O)OCOC(=O)c1ccccc1)[C@@H](N)C(=O)OCCCN1CCOCC1. The van der Waals surface area contributed by atoms with Gasteiger partial charge in [-0.25, -0.2) is 9.59 Å². The highest BCUT2D eigenvalue weighted by Gasteiger charge is 2.37. The van der Waals surface area contributed by atoms with Crippen LogP contribution >= 0.6 is 11.8 Å². The first-order chi connectivity index (χ1) is 14.8. The maximum absolute atomic E-state index is 12.3. The van der Waals surface area contributed by atoms with Gasteiger partial charge in [-0.2, -0.15) is 0 Å². The predicted molar refractivity (Wildman–Crippen MR) is 116 cm³/mol. The summed E-state index contributed by atoms with van der Waals surface area (Å²) in [5, 5.41) is -0.707. The molecule has 1 saturated heterocycles. The second kappa shape index (κ2) is 12.7. The molecule has 2 N–H and O–H groups in total. The fourth-order valence-corrected chi connectivity index (χ4v) is 3.52. The number of esters is 2. The van der Waals surface area contributed by atoms with Gasteiger partial charge in [-0.3, -0.25) is 9.69 Å². The lowest BCUT2D eigenvalue weighted by atomic mass is 10.0. The number of thioether (sulfide) groups is 1. The Morgan fingerprint density at radius 1 is 1.13 bits per heavy atom. The molecule has 1 aliphatic heterocycles. The van der Waals surface area contributed by atoms with Crippen molar-refractivity contribution in [1.82, 2.24) is 4.90 Å². The smallest absolute Gasteiger partial charge is 0.370 e. The molecular formula is C21H30N2O7S. The number of benzene rings is 1. The van der Waals surface area contributed by atoms with Crippen LogP contribution in [0.2, 0.25) is 0 Å². The first kappa shape index (κ1) is 25.1. The average Bonchev–Trinajstić information content (AvgIpc) is 2.77. The maximum Gasteiger partial charge on any atom is 0.370 e. The van der Waals surface area contributed by atoms with Crippen LogP contribution < -0.4 is 5.73 Å². The van der Waals surface area contributed by atoms with Crippen molar-refractivity contribution in [1.29, 1.82) is 0 Å². The van der Waals surface area contributed by atoms with Crippen LogP contribution in [0.4, 0.5) is 4.79 Å². The van der Waals surface area contributed by atoms with Crippen molar-refractivity contribution in [2.45, 2.75) is 31.1 Å². The number of morpholine rings is 1. The number of nitrogens with zero attached hydrogens (tertiary/aromatic N) is 1. The second-order valence-electron chi connectivity index (χ2n) is 7.47. The standard InChI is InChI=1S/C21H30N2O7S/c1-21(2,17(22)19(25)28-12-6-9-23-10-13-27-14-11-23)31-20(26)30-15-29-18(24)16-7-4-3-5-8-16/h3-5,7-8,17H,6,9-15,22H2,1-2H3/t17-/m0/s1. The van der Waals surface area contributed by atoms with Crippen LogP contribution in [0.25, 0.3) is 0 Å². The molecule has 0 bridgehead atoms. The summed E-state index contributed by atoms with van der Waals surface area (Å²) >= 11 is 0.747. The molecule has 0 radical (unpaired) electrons. The maximum atomic E-state index is 12.3. The molecule has 172 valence electrons. The van der Waals surface area contributed by atoms with Gasteiger partial charge >= 0.3 is 17.2 Å². The fraction of sp³-hybridized carbons (Fsp3) is 0.571. The molecule has 0 aromatic heterocycles. The van der Waals surface area contributed by atoms with Crippen molar-refractivity contribution >= 4 is 29.0 Å². The van der Waals surface area contributed by atoms with E-state index in [1.54, 1.807) is 44.2 Å². The lowest BCUT2D eigenvalue weighted by Gasteiger charge is -2.28. The molecule has 10 heteroatoms. The molecule has 31 heavy (non-hydrogen) atoms. The Hall–Kier alpha value is -2.14. The Morgan fingerprint density at radius 2 is 1.81 bits per heavy atom. The van der Waals surface area contributed by atoms with Gasteiger partial charge in [0.25, 0.3) is 0 Å². The number of carbonyl (C=O) groups excluding carboxylic acids is 3. The summed E-state index contributed by atoms with van der Waals surface area (Å²) in [5.74, 6) is -1.18. The third-order valence-electron chi connectivity index (χ3n) is 4.69. The third kappa shape index (κ3) is 8.86. The lowest BCUT2D eigenvalue weighted by Crippen LogP contribution is -2.48. The Kier molecular flexibility index (Phi) is 10.3. The molecule has 1 atom stereocenters. The first-order valence-corrected chi connectivity index (χ1v) is 10.9. The number of carbonyl (C=O) groups is 3. The van der Waals surface area contributed by atoms with Crippen LogP contribution in [0, 0.1) is 0 Å². The quantitative estimate of drug-likeness (QED) is 0.320. The monoisotopic (exact) mass is 454 g/mol. The molecule has 0 amide bonds. The van der Waals surface area contributed by atoms with E-state index >= 15 is 0 Å². The van der Waals surface area contributed by atoms with Gasteiger partial charge in [0.15, 0.2) is 0 Å². The van der Waals surface area contributed by atoms with Crippen LogP contribution in [0.1, 0.15) is 30.6 Å². The normalized spacial score (nSPS) is 15.7. The van der Waals surface area contributed by atoms with E-state index in [-0.39, 0.29) is 6.61 Å². The van der Waals surface area contributed by atoms with E-state index in [1.165, 1.54) is 0 Å². The number of hydrogen-bond donors (Lipinski definition) is 1. The zero-order chi connectivity index (χ0) is 22.7. The van der Waals surface area contributed by atoms with Gasteiger partial charge in [0, 0.05) is 24.4 Å². The van der Waals surface area contributed by atoms with Crippen molar-refractivity contribution < 1.29 is 33.3 Å². The topological polar surface area (TPSA) is 117 Å². The van der Waals surface area contributed by atoms with Crippen LogP contribution in [-0.2, 0) is 23.7 Å². The van der Waals surface area contributed by atoms with E-state index in [4.69, 9.17) is 24.7 Å². The molecule has 1 aromatic rings. The largest absolute Gasteiger partial charge is 0.464 e. The van der Waals surface area contributed by atoms with Gasteiger partial charge in [-0.15, -0.1) is 0 Å². The highest BCUT2D eigenvalue weighted by molar-refractivity contribution is 8.14. The van der Waals surface area contributed by atoms with E-state index in [2.05, 4.69) is 4.90 Å². The van der Waals surface area contributed by atoms with Gasteiger partial charge in [-0.05, 0) is 44.2 Å². The molecule has 0 aliphatic carbocycles. The molecule has 1 fully saturated rings. The Morgan fingerprint density at radius 3 is 2.48 bits per heavy atom. The summed E-state index contributed by atoms with van der Waals surface area (Å²) in [4.78, 5) is 38.4.